The van der Waals surface area contributed by atoms with Crippen LogP contribution in [0, 0.1) is 5.82 Å². The van der Waals surface area contributed by atoms with Crippen LogP contribution in [0.3, 0.4) is 0 Å². The maximum Gasteiger partial charge on any atom is 0.266 e. The normalized spacial score (nSPS) is 15.1. The van der Waals surface area contributed by atoms with Gasteiger partial charge in [-0.2, -0.15) is 0 Å². The molecule has 4 heteroatoms. The van der Waals surface area contributed by atoms with E-state index >= 15 is 0 Å². The van der Waals surface area contributed by atoms with Gasteiger partial charge in [-0.15, -0.1) is 6.58 Å². The van der Waals surface area contributed by atoms with E-state index in [1.807, 2.05) is 0 Å². The lowest BCUT2D eigenvalue weighted by atomic mass is 9.91. The lowest BCUT2D eigenvalue weighted by Crippen LogP contribution is -2.31. The highest BCUT2D eigenvalue weighted by Gasteiger charge is 2.25. The van der Waals surface area contributed by atoms with Crippen molar-refractivity contribution >= 4 is 0 Å². The highest BCUT2D eigenvalue weighted by atomic mass is 19.3. The molecule has 1 aromatic rings. The van der Waals surface area contributed by atoms with Gasteiger partial charge in [-0.25, -0.2) is 13.2 Å². The Bertz CT molecular complexity index is 372. The maximum atomic E-state index is 13.6. The summed E-state index contributed by atoms with van der Waals surface area (Å²) in [5.41, 5.74) is 3.95. The summed E-state index contributed by atoms with van der Waals surface area (Å²) in [5, 5.41) is 0. The summed E-state index contributed by atoms with van der Waals surface area (Å²) < 4.78 is 38.4. The second kappa shape index (κ2) is 4.06. The molecule has 0 saturated heterocycles. The number of hydrogen-bond acceptors (Lipinski definition) is 1. The van der Waals surface area contributed by atoms with E-state index in [2.05, 4.69) is 6.58 Å². The Morgan fingerprint density at radius 2 is 2.07 bits per heavy atom. The van der Waals surface area contributed by atoms with Crippen LogP contribution >= 0.6 is 0 Å². The van der Waals surface area contributed by atoms with Gasteiger partial charge in [-0.05, 0) is 6.92 Å². The van der Waals surface area contributed by atoms with Gasteiger partial charge in [0.1, 0.15) is 5.82 Å². The summed E-state index contributed by atoms with van der Waals surface area (Å²) >= 11 is 0. The lowest BCUT2D eigenvalue weighted by Gasteiger charge is -2.22. The molecule has 0 aromatic heterocycles. The van der Waals surface area contributed by atoms with E-state index in [9.17, 15) is 13.2 Å². The van der Waals surface area contributed by atoms with Gasteiger partial charge in [0.2, 0.25) is 0 Å². The first-order valence-corrected chi connectivity index (χ1v) is 4.39. The van der Waals surface area contributed by atoms with Crippen LogP contribution in [0.25, 0.3) is 0 Å². The first-order chi connectivity index (χ1) is 6.90. The Morgan fingerprint density at radius 3 is 2.53 bits per heavy atom. The SMILES string of the molecule is C=CC(C)(N)c1cccc(C(F)F)c1F. The molecule has 0 amide bonds. The molecule has 0 saturated carbocycles. The molecule has 0 aliphatic heterocycles. The average molecular weight is 215 g/mol. The number of halogens is 3. The second-order valence-corrected chi connectivity index (χ2v) is 3.50. The van der Waals surface area contributed by atoms with Gasteiger partial charge < -0.3 is 5.73 Å². The second-order valence-electron chi connectivity index (χ2n) is 3.50. The number of nitrogens with two attached hydrogens (primary N) is 1. The van der Waals surface area contributed by atoms with Crippen molar-refractivity contribution in [2.24, 2.45) is 5.73 Å². The Labute approximate surface area is 86.4 Å². The summed E-state index contributed by atoms with van der Waals surface area (Å²) in [6.07, 6.45) is -1.52. The molecule has 1 nitrogen and oxygen atoms in total. The standard InChI is InChI=1S/C11H12F3N/c1-3-11(2,15)8-6-4-5-7(9(8)12)10(13)14/h3-6,10H,1,15H2,2H3. The van der Waals surface area contributed by atoms with Gasteiger partial charge in [0.15, 0.2) is 0 Å². The predicted octanol–water partition coefficient (Wildman–Crippen LogP) is 3.12. The Morgan fingerprint density at radius 1 is 1.47 bits per heavy atom. The third-order valence-corrected chi connectivity index (χ3v) is 2.27. The van der Waals surface area contributed by atoms with Crippen molar-refractivity contribution in [3.8, 4) is 0 Å². The zero-order valence-corrected chi connectivity index (χ0v) is 8.31. The first kappa shape index (κ1) is 11.8. The number of alkyl halides is 2. The highest BCUT2D eigenvalue weighted by molar-refractivity contribution is 5.34. The smallest absolute Gasteiger partial charge is 0.266 e. The zero-order valence-electron chi connectivity index (χ0n) is 8.31. The van der Waals surface area contributed by atoms with Crippen LogP contribution in [0.4, 0.5) is 13.2 Å². The van der Waals surface area contributed by atoms with Crippen LogP contribution in [0.1, 0.15) is 24.5 Å². The molecular formula is C11H12F3N. The summed E-state index contributed by atoms with van der Waals surface area (Å²) in [7, 11) is 0. The van der Waals surface area contributed by atoms with Crippen LogP contribution in [-0.4, -0.2) is 0 Å². The minimum absolute atomic E-state index is 0.0234. The van der Waals surface area contributed by atoms with Crippen molar-refractivity contribution in [3.05, 3.63) is 47.8 Å². The van der Waals surface area contributed by atoms with Gasteiger partial charge >= 0.3 is 0 Å². The molecule has 0 spiro atoms. The van der Waals surface area contributed by atoms with Crippen LogP contribution in [0.5, 0.6) is 0 Å². The third-order valence-electron chi connectivity index (χ3n) is 2.27. The summed E-state index contributed by atoms with van der Waals surface area (Å²) in [4.78, 5) is 0. The van der Waals surface area contributed by atoms with Crippen molar-refractivity contribution in [2.75, 3.05) is 0 Å². The van der Waals surface area contributed by atoms with Crippen molar-refractivity contribution in [3.63, 3.8) is 0 Å². The molecule has 15 heavy (non-hydrogen) atoms. The summed E-state index contributed by atoms with van der Waals surface area (Å²) in [6.45, 7) is 4.95. The molecule has 0 bridgehead atoms. The van der Waals surface area contributed by atoms with E-state index < -0.39 is 23.3 Å². The molecule has 1 unspecified atom stereocenters. The number of rotatable bonds is 3. The molecule has 0 aliphatic carbocycles. The van der Waals surface area contributed by atoms with Gasteiger partial charge in [0, 0.05) is 5.56 Å². The van der Waals surface area contributed by atoms with E-state index in [0.29, 0.717) is 0 Å². The third kappa shape index (κ3) is 2.21. The van der Waals surface area contributed by atoms with Crippen LogP contribution in [0.2, 0.25) is 0 Å². The fourth-order valence-corrected chi connectivity index (χ4v) is 1.24. The summed E-state index contributed by atoms with van der Waals surface area (Å²) in [5.74, 6) is -0.961. The molecule has 0 aliphatic rings. The number of benzene rings is 1. The molecule has 1 aromatic carbocycles. The van der Waals surface area contributed by atoms with Crippen molar-refractivity contribution in [2.45, 2.75) is 18.9 Å². The fraction of sp³-hybridized carbons (Fsp3) is 0.273. The van der Waals surface area contributed by atoms with Crippen LogP contribution in [-0.2, 0) is 5.54 Å². The van der Waals surface area contributed by atoms with E-state index in [-0.39, 0.29) is 5.56 Å². The lowest BCUT2D eigenvalue weighted by molar-refractivity contribution is 0.146. The molecule has 2 N–H and O–H groups in total. The van der Waals surface area contributed by atoms with Crippen LogP contribution in [0.15, 0.2) is 30.9 Å². The van der Waals surface area contributed by atoms with E-state index in [1.54, 1.807) is 0 Å². The van der Waals surface area contributed by atoms with Crippen molar-refractivity contribution < 1.29 is 13.2 Å². The number of hydrogen-bond donors (Lipinski definition) is 1. The summed E-state index contributed by atoms with van der Waals surface area (Å²) in [6, 6.07) is 3.78. The van der Waals surface area contributed by atoms with E-state index in [0.717, 1.165) is 6.07 Å². The van der Waals surface area contributed by atoms with Gasteiger partial charge in [0.25, 0.3) is 6.43 Å². The minimum Gasteiger partial charge on any atom is -0.318 e. The van der Waals surface area contributed by atoms with Crippen LogP contribution < -0.4 is 5.73 Å². The Balaban J connectivity index is 3.33. The molecule has 1 atom stereocenters. The van der Waals surface area contributed by atoms with Gasteiger partial charge in [-0.1, -0.05) is 24.3 Å². The topological polar surface area (TPSA) is 26.0 Å². The van der Waals surface area contributed by atoms with Crippen molar-refractivity contribution in [1.82, 2.24) is 0 Å². The van der Waals surface area contributed by atoms with E-state index in [1.165, 1.54) is 25.1 Å². The first-order valence-electron chi connectivity index (χ1n) is 4.39. The average Bonchev–Trinajstić information content (AvgIpc) is 2.17. The molecular weight excluding hydrogens is 203 g/mol. The van der Waals surface area contributed by atoms with Gasteiger partial charge in [-0.3, -0.25) is 0 Å². The predicted molar refractivity (Wildman–Crippen MR) is 53.1 cm³/mol. The Kier molecular flexibility index (Phi) is 3.19. The molecule has 0 fully saturated rings. The molecule has 82 valence electrons. The van der Waals surface area contributed by atoms with E-state index in [4.69, 9.17) is 5.73 Å². The monoisotopic (exact) mass is 215 g/mol. The molecule has 0 heterocycles. The molecule has 0 radical (unpaired) electrons. The largest absolute Gasteiger partial charge is 0.318 e. The fourth-order valence-electron chi connectivity index (χ4n) is 1.24. The van der Waals surface area contributed by atoms with Crippen molar-refractivity contribution in [1.29, 1.82) is 0 Å². The minimum atomic E-state index is -2.84. The highest BCUT2D eigenvalue weighted by Crippen LogP contribution is 2.29. The molecule has 1 rings (SSSR count). The Hall–Kier alpha value is -1.29. The van der Waals surface area contributed by atoms with Gasteiger partial charge in [0.05, 0.1) is 11.1 Å². The zero-order chi connectivity index (χ0) is 11.6. The maximum absolute atomic E-state index is 13.6. The quantitative estimate of drug-likeness (QED) is 0.770.